The van der Waals surface area contributed by atoms with E-state index in [1.807, 2.05) is 6.92 Å². The van der Waals surface area contributed by atoms with Crippen LogP contribution in [0.1, 0.15) is 46.0 Å². The van der Waals surface area contributed by atoms with Crippen LogP contribution in [0.5, 0.6) is 0 Å². The van der Waals surface area contributed by atoms with E-state index in [2.05, 4.69) is 6.92 Å². The van der Waals surface area contributed by atoms with Crippen molar-refractivity contribution in [1.82, 2.24) is 4.90 Å². The molecule has 1 saturated heterocycles. The zero-order chi connectivity index (χ0) is 13.7. The van der Waals surface area contributed by atoms with Gasteiger partial charge in [-0.2, -0.15) is 0 Å². The third-order valence-electron chi connectivity index (χ3n) is 3.77. The minimum atomic E-state index is -0.912. The monoisotopic (exact) mass is 256 g/mol. The highest BCUT2D eigenvalue weighted by Crippen LogP contribution is 2.26. The van der Waals surface area contributed by atoms with E-state index < -0.39 is 18.1 Å². The number of carbonyl (C=O) groups excluding carboxylic acids is 1. The molecule has 0 aromatic rings. The van der Waals surface area contributed by atoms with Crippen molar-refractivity contribution in [2.24, 2.45) is 11.7 Å². The van der Waals surface area contributed by atoms with Crippen LogP contribution >= 0.6 is 0 Å². The van der Waals surface area contributed by atoms with Gasteiger partial charge in [-0.1, -0.05) is 26.7 Å². The molecular formula is C13H24N2O3. The summed E-state index contributed by atoms with van der Waals surface area (Å²) in [5.41, 5.74) is 5.80. The lowest BCUT2D eigenvalue weighted by Gasteiger charge is -2.38. The molecule has 1 aliphatic rings. The molecule has 0 saturated carbocycles. The van der Waals surface area contributed by atoms with E-state index >= 15 is 0 Å². The lowest BCUT2D eigenvalue weighted by atomic mass is 9.88. The quantitative estimate of drug-likeness (QED) is 0.774. The minimum Gasteiger partial charge on any atom is -0.480 e. The Labute approximate surface area is 108 Å². The Morgan fingerprint density at radius 2 is 2.11 bits per heavy atom. The van der Waals surface area contributed by atoms with Gasteiger partial charge in [-0.3, -0.25) is 4.79 Å². The fraction of sp³-hybridized carbons (Fsp3) is 0.846. The molecule has 1 fully saturated rings. The number of nitrogens with two attached hydrogens (primary N) is 1. The maximum atomic E-state index is 12.1. The maximum Gasteiger partial charge on any atom is 0.326 e. The molecule has 3 N–H and O–H groups in total. The molecule has 0 aliphatic carbocycles. The Bertz CT molecular complexity index is 307. The molecule has 1 aliphatic heterocycles. The molecule has 0 bridgehead atoms. The van der Waals surface area contributed by atoms with Gasteiger partial charge in [0.05, 0.1) is 6.04 Å². The van der Waals surface area contributed by atoms with E-state index in [4.69, 9.17) is 5.73 Å². The first-order valence-electron chi connectivity index (χ1n) is 6.80. The van der Waals surface area contributed by atoms with Crippen LogP contribution in [0.25, 0.3) is 0 Å². The summed E-state index contributed by atoms with van der Waals surface area (Å²) in [7, 11) is 0. The summed E-state index contributed by atoms with van der Waals surface area (Å²) in [5.74, 6) is -0.721. The van der Waals surface area contributed by atoms with E-state index in [-0.39, 0.29) is 5.91 Å². The van der Waals surface area contributed by atoms with Crippen molar-refractivity contribution in [2.45, 2.75) is 58.0 Å². The molecule has 3 atom stereocenters. The van der Waals surface area contributed by atoms with Crippen LogP contribution in [-0.4, -0.2) is 40.5 Å². The molecule has 5 heteroatoms. The Kier molecular flexibility index (Phi) is 5.59. The molecule has 5 nitrogen and oxygen atoms in total. The van der Waals surface area contributed by atoms with Gasteiger partial charge in [0.2, 0.25) is 5.91 Å². The Morgan fingerprint density at radius 3 is 2.61 bits per heavy atom. The first-order chi connectivity index (χ1) is 8.51. The number of hydrogen-bond acceptors (Lipinski definition) is 3. The molecule has 1 heterocycles. The van der Waals surface area contributed by atoms with Crippen molar-refractivity contribution < 1.29 is 14.7 Å². The third-order valence-corrected chi connectivity index (χ3v) is 3.77. The van der Waals surface area contributed by atoms with Crippen molar-refractivity contribution in [1.29, 1.82) is 0 Å². The van der Waals surface area contributed by atoms with Crippen molar-refractivity contribution in [3.05, 3.63) is 0 Å². The van der Waals surface area contributed by atoms with Gasteiger partial charge in [0.25, 0.3) is 0 Å². The molecule has 104 valence electrons. The van der Waals surface area contributed by atoms with Gasteiger partial charge in [-0.15, -0.1) is 0 Å². The second kappa shape index (κ2) is 6.73. The number of likely N-dealkylation sites (tertiary alicyclic amines) is 1. The number of piperidine rings is 1. The van der Waals surface area contributed by atoms with E-state index in [9.17, 15) is 14.7 Å². The zero-order valence-corrected chi connectivity index (χ0v) is 11.3. The number of nitrogens with zero attached hydrogens (tertiary/aromatic N) is 1. The number of rotatable bonds is 5. The van der Waals surface area contributed by atoms with E-state index in [1.165, 1.54) is 4.90 Å². The van der Waals surface area contributed by atoms with Gasteiger partial charge in [0.15, 0.2) is 0 Å². The standard InChI is InChI=1S/C13H24N2O3/c1-3-5-10(14)12(16)15-7-6-9(4-2)8-11(15)13(17)18/h9-11H,3-8,14H2,1-2H3,(H,17,18)/t9?,10-,11?/m1/s1. The topological polar surface area (TPSA) is 83.6 Å². The van der Waals surface area contributed by atoms with Crippen LogP contribution in [0.3, 0.4) is 0 Å². The predicted molar refractivity (Wildman–Crippen MR) is 69.0 cm³/mol. The Balaban J connectivity index is 2.73. The average Bonchev–Trinajstić information content (AvgIpc) is 2.37. The first-order valence-corrected chi connectivity index (χ1v) is 6.80. The van der Waals surface area contributed by atoms with Crippen LogP contribution in [0, 0.1) is 5.92 Å². The van der Waals surface area contributed by atoms with E-state index in [1.54, 1.807) is 0 Å². The van der Waals surface area contributed by atoms with Crippen LogP contribution in [0.2, 0.25) is 0 Å². The fourth-order valence-corrected chi connectivity index (χ4v) is 2.55. The van der Waals surface area contributed by atoms with Gasteiger partial charge < -0.3 is 15.7 Å². The second-order valence-corrected chi connectivity index (χ2v) is 5.08. The molecule has 0 aromatic heterocycles. The van der Waals surface area contributed by atoms with E-state index in [0.29, 0.717) is 25.3 Å². The molecule has 18 heavy (non-hydrogen) atoms. The summed E-state index contributed by atoms with van der Waals surface area (Å²) in [4.78, 5) is 24.9. The highest BCUT2D eigenvalue weighted by atomic mass is 16.4. The average molecular weight is 256 g/mol. The minimum absolute atomic E-state index is 0.209. The maximum absolute atomic E-state index is 12.1. The molecule has 0 aromatic carbocycles. The van der Waals surface area contributed by atoms with Gasteiger partial charge >= 0.3 is 5.97 Å². The molecule has 0 spiro atoms. The molecule has 0 radical (unpaired) electrons. The second-order valence-electron chi connectivity index (χ2n) is 5.08. The van der Waals surface area contributed by atoms with Gasteiger partial charge in [0, 0.05) is 6.54 Å². The van der Waals surface area contributed by atoms with Crippen LogP contribution in [0.4, 0.5) is 0 Å². The highest BCUT2D eigenvalue weighted by molar-refractivity contribution is 5.87. The Hall–Kier alpha value is -1.10. The van der Waals surface area contributed by atoms with Crippen molar-refractivity contribution in [3.63, 3.8) is 0 Å². The summed E-state index contributed by atoms with van der Waals surface area (Å²) in [6.07, 6.45) is 3.84. The molecule has 2 unspecified atom stereocenters. The van der Waals surface area contributed by atoms with Gasteiger partial charge in [0.1, 0.15) is 6.04 Å². The normalized spacial score (nSPS) is 25.8. The highest BCUT2D eigenvalue weighted by Gasteiger charge is 2.36. The summed E-state index contributed by atoms with van der Waals surface area (Å²) in [6.45, 7) is 4.54. The summed E-state index contributed by atoms with van der Waals surface area (Å²) >= 11 is 0. The number of hydrogen-bond donors (Lipinski definition) is 2. The van der Waals surface area contributed by atoms with Crippen LogP contribution in [0.15, 0.2) is 0 Å². The van der Waals surface area contributed by atoms with Crippen LogP contribution in [-0.2, 0) is 9.59 Å². The Morgan fingerprint density at radius 1 is 1.44 bits per heavy atom. The summed E-state index contributed by atoms with van der Waals surface area (Å²) < 4.78 is 0. The molecular weight excluding hydrogens is 232 g/mol. The number of carbonyl (C=O) groups is 2. The van der Waals surface area contributed by atoms with Gasteiger partial charge in [-0.05, 0) is 25.2 Å². The molecule has 1 amide bonds. The van der Waals surface area contributed by atoms with Crippen LogP contribution < -0.4 is 5.73 Å². The number of aliphatic carboxylic acids is 1. The predicted octanol–water partition coefficient (Wildman–Crippen LogP) is 1.22. The number of amides is 1. The molecule has 1 rings (SSSR count). The largest absolute Gasteiger partial charge is 0.480 e. The third kappa shape index (κ3) is 3.45. The summed E-state index contributed by atoms with van der Waals surface area (Å²) in [5, 5.41) is 9.25. The SMILES string of the molecule is CCC[C@@H](N)C(=O)N1CCC(CC)CC1C(=O)O. The first kappa shape index (κ1) is 15.0. The smallest absolute Gasteiger partial charge is 0.326 e. The lowest BCUT2D eigenvalue weighted by Crippen LogP contribution is -2.54. The van der Waals surface area contributed by atoms with Crippen molar-refractivity contribution in [3.8, 4) is 0 Å². The summed E-state index contributed by atoms with van der Waals surface area (Å²) in [6, 6.07) is -1.26. The zero-order valence-electron chi connectivity index (χ0n) is 11.3. The van der Waals surface area contributed by atoms with Crippen molar-refractivity contribution >= 4 is 11.9 Å². The number of carboxylic acid groups (broad SMARTS) is 1. The lowest BCUT2D eigenvalue weighted by molar-refractivity contribution is -0.153. The number of carboxylic acids is 1. The van der Waals surface area contributed by atoms with Gasteiger partial charge in [-0.25, -0.2) is 4.79 Å². The fourth-order valence-electron chi connectivity index (χ4n) is 2.55. The van der Waals surface area contributed by atoms with E-state index in [0.717, 1.165) is 19.3 Å². The van der Waals surface area contributed by atoms with Crippen molar-refractivity contribution in [2.75, 3.05) is 6.54 Å².